The van der Waals surface area contributed by atoms with Gasteiger partial charge in [-0.3, -0.25) is 0 Å². The Balaban J connectivity index is 1.65. The number of carbonyl (C=O) groups excluding carboxylic acids is 1. The Hall–Kier alpha value is -2.70. The molecule has 1 saturated heterocycles. The zero-order chi connectivity index (χ0) is 17.6. The van der Waals surface area contributed by atoms with Crippen LogP contribution in [0.3, 0.4) is 0 Å². The number of aromatic nitrogens is 3. The van der Waals surface area contributed by atoms with E-state index in [9.17, 15) is 4.79 Å². The Bertz CT molecular complexity index is 720. The lowest BCUT2D eigenvalue weighted by Gasteiger charge is -2.23. The second-order valence-corrected chi connectivity index (χ2v) is 5.95. The lowest BCUT2D eigenvalue weighted by atomic mass is 10.2. The fourth-order valence-corrected chi connectivity index (χ4v) is 2.84. The molecule has 25 heavy (non-hydrogen) atoms. The van der Waals surface area contributed by atoms with Gasteiger partial charge in [0.15, 0.2) is 0 Å². The Labute approximate surface area is 147 Å². The second-order valence-electron chi connectivity index (χ2n) is 5.95. The van der Waals surface area contributed by atoms with Crippen molar-refractivity contribution in [2.75, 3.05) is 42.6 Å². The number of aryl methyl sites for hydroxylation is 1. The SMILES string of the molecule is CCOC(=O)c1ccc(N2CCCN(c3nccc(C)n3)CC2)nc1. The first-order chi connectivity index (χ1) is 12.2. The van der Waals surface area contributed by atoms with E-state index in [-0.39, 0.29) is 5.97 Å². The van der Waals surface area contributed by atoms with E-state index in [1.54, 1.807) is 25.4 Å². The van der Waals surface area contributed by atoms with Gasteiger partial charge in [0.25, 0.3) is 0 Å². The number of ether oxygens (including phenoxy) is 1. The van der Waals surface area contributed by atoms with Gasteiger partial charge in [-0.05, 0) is 38.5 Å². The summed E-state index contributed by atoms with van der Waals surface area (Å²) in [7, 11) is 0. The van der Waals surface area contributed by atoms with Crippen LogP contribution in [0.2, 0.25) is 0 Å². The van der Waals surface area contributed by atoms with Crippen LogP contribution in [0.5, 0.6) is 0 Å². The van der Waals surface area contributed by atoms with E-state index < -0.39 is 0 Å². The molecule has 2 aromatic rings. The van der Waals surface area contributed by atoms with Crippen molar-refractivity contribution in [2.24, 2.45) is 0 Å². The lowest BCUT2D eigenvalue weighted by Crippen LogP contribution is -2.32. The average Bonchev–Trinajstić information content (AvgIpc) is 2.88. The molecular formula is C18H23N5O2. The first-order valence-electron chi connectivity index (χ1n) is 8.60. The minimum absolute atomic E-state index is 0.333. The minimum Gasteiger partial charge on any atom is -0.462 e. The summed E-state index contributed by atoms with van der Waals surface area (Å²) in [5.41, 5.74) is 1.46. The van der Waals surface area contributed by atoms with Gasteiger partial charge in [-0.1, -0.05) is 0 Å². The standard InChI is InChI=1S/C18H23N5O2/c1-3-25-17(24)15-5-6-16(20-13-15)22-9-4-10-23(12-11-22)18-19-8-7-14(2)21-18/h5-8,13H,3-4,9-12H2,1-2H3. The third kappa shape index (κ3) is 4.23. The van der Waals surface area contributed by atoms with Gasteiger partial charge in [0.1, 0.15) is 5.82 Å². The lowest BCUT2D eigenvalue weighted by molar-refractivity contribution is 0.0526. The molecule has 0 N–H and O–H groups in total. The Kier molecular flexibility index (Phi) is 5.42. The molecule has 1 fully saturated rings. The fourth-order valence-electron chi connectivity index (χ4n) is 2.84. The highest BCUT2D eigenvalue weighted by Gasteiger charge is 2.18. The van der Waals surface area contributed by atoms with Crippen molar-refractivity contribution in [3.63, 3.8) is 0 Å². The van der Waals surface area contributed by atoms with E-state index in [0.717, 1.165) is 50.1 Å². The van der Waals surface area contributed by atoms with Crippen molar-refractivity contribution < 1.29 is 9.53 Å². The van der Waals surface area contributed by atoms with Crippen molar-refractivity contribution in [1.29, 1.82) is 0 Å². The maximum absolute atomic E-state index is 11.7. The summed E-state index contributed by atoms with van der Waals surface area (Å²) in [6, 6.07) is 5.56. The van der Waals surface area contributed by atoms with E-state index in [0.29, 0.717) is 12.2 Å². The summed E-state index contributed by atoms with van der Waals surface area (Å²) >= 11 is 0. The minimum atomic E-state index is -0.333. The van der Waals surface area contributed by atoms with Crippen molar-refractivity contribution in [2.45, 2.75) is 20.3 Å². The largest absolute Gasteiger partial charge is 0.462 e. The van der Waals surface area contributed by atoms with Gasteiger partial charge in [0, 0.05) is 44.3 Å². The van der Waals surface area contributed by atoms with Crippen LogP contribution in [0.1, 0.15) is 29.4 Å². The quantitative estimate of drug-likeness (QED) is 0.788. The van der Waals surface area contributed by atoms with Crippen LogP contribution in [0, 0.1) is 6.92 Å². The summed E-state index contributed by atoms with van der Waals surface area (Å²) in [5.74, 6) is 1.33. The van der Waals surface area contributed by atoms with E-state index in [2.05, 4.69) is 24.8 Å². The van der Waals surface area contributed by atoms with E-state index in [1.165, 1.54) is 0 Å². The third-order valence-electron chi connectivity index (χ3n) is 4.14. The Morgan fingerprint density at radius 1 is 1.12 bits per heavy atom. The molecule has 0 radical (unpaired) electrons. The molecule has 2 aromatic heterocycles. The topological polar surface area (TPSA) is 71.5 Å². The Morgan fingerprint density at radius 2 is 1.92 bits per heavy atom. The van der Waals surface area contributed by atoms with Gasteiger partial charge in [-0.15, -0.1) is 0 Å². The highest BCUT2D eigenvalue weighted by Crippen LogP contribution is 2.17. The molecule has 1 aliphatic heterocycles. The molecule has 0 bridgehead atoms. The van der Waals surface area contributed by atoms with Gasteiger partial charge in [-0.25, -0.2) is 19.7 Å². The molecule has 0 atom stereocenters. The van der Waals surface area contributed by atoms with Crippen LogP contribution in [0.4, 0.5) is 11.8 Å². The van der Waals surface area contributed by atoms with Crippen LogP contribution < -0.4 is 9.80 Å². The first-order valence-corrected chi connectivity index (χ1v) is 8.60. The van der Waals surface area contributed by atoms with Crippen LogP contribution >= 0.6 is 0 Å². The summed E-state index contributed by atoms with van der Waals surface area (Å²) in [6.45, 7) is 7.64. The van der Waals surface area contributed by atoms with Crippen molar-refractivity contribution >= 4 is 17.7 Å². The molecule has 1 aliphatic rings. The normalized spacial score (nSPS) is 15.0. The number of hydrogen-bond acceptors (Lipinski definition) is 7. The summed E-state index contributed by atoms with van der Waals surface area (Å²) in [6.07, 6.45) is 4.38. The van der Waals surface area contributed by atoms with Gasteiger partial charge in [-0.2, -0.15) is 0 Å². The molecule has 0 aliphatic carbocycles. The molecule has 7 heteroatoms. The zero-order valence-corrected chi connectivity index (χ0v) is 14.7. The number of anilines is 2. The maximum Gasteiger partial charge on any atom is 0.339 e. The van der Waals surface area contributed by atoms with E-state index >= 15 is 0 Å². The first kappa shape index (κ1) is 17.1. The fraction of sp³-hybridized carbons (Fsp3) is 0.444. The molecule has 0 aromatic carbocycles. The number of hydrogen-bond donors (Lipinski definition) is 0. The third-order valence-corrected chi connectivity index (χ3v) is 4.14. The molecule has 0 spiro atoms. The van der Waals surface area contributed by atoms with Gasteiger partial charge >= 0.3 is 5.97 Å². The number of rotatable bonds is 4. The second kappa shape index (κ2) is 7.92. The van der Waals surface area contributed by atoms with E-state index in [1.807, 2.05) is 19.1 Å². The van der Waals surface area contributed by atoms with Crippen LogP contribution in [-0.4, -0.2) is 53.7 Å². The van der Waals surface area contributed by atoms with E-state index in [4.69, 9.17) is 4.74 Å². The van der Waals surface area contributed by atoms with Gasteiger partial charge in [0.2, 0.25) is 5.95 Å². The highest BCUT2D eigenvalue weighted by molar-refractivity contribution is 5.89. The summed E-state index contributed by atoms with van der Waals surface area (Å²) < 4.78 is 4.99. The molecule has 3 rings (SSSR count). The maximum atomic E-state index is 11.7. The molecule has 0 saturated carbocycles. The monoisotopic (exact) mass is 341 g/mol. The average molecular weight is 341 g/mol. The zero-order valence-electron chi connectivity index (χ0n) is 14.7. The molecular weight excluding hydrogens is 318 g/mol. The molecule has 132 valence electrons. The van der Waals surface area contributed by atoms with Crippen LogP contribution in [0.25, 0.3) is 0 Å². The molecule has 0 amide bonds. The highest BCUT2D eigenvalue weighted by atomic mass is 16.5. The van der Waals surface area contributed by atoms with Gasteiger partial charge < -0.3 is 14.5 Å². The number of esters is 1. The van der Waals surface area contributed by atoms with Crippen molar-refractivity contribution in [3.05, 3.63) is 41.9 Å². The van der Waals surface area contributed by atoms with Crippen molar-refractivity contribution in [1.82, 2.24) is 15.0 Å². The Morgan fingerprint density at radius 3 is 2.64 bits per heavy atom. The predicted octanol–water partition coefficient (Wildman–Crippen LogP) is 2.07. The number of pyridine rings is 1. The number of carbonyl (C=O) groups is 1. The molecule has 0 unspecified atom stereocenters. The van der Waals surface area contributed by atoms with Crippen molar-refractivity contribution in [3.8, 4) is 0 Å². The predicted molar refractivity (Wildman–Crippen MR) is 96.0 cm³/mol. The molecule has 7 nitrogen and oxygen atoms in total. The summed E-state index contributed by atoms with van der Waals surface area (Å²) in [5, 5.41) is 0. The molecule has 3 heterocycles. The number of nitrogens with zero attached hydrogens (tertiary/aromatic N) is 5. The summed E-state index contributed by atoms with van der Waals surface area (Å²) in [4.78, 5) is 29.5. The smallest absolute Gasteiger partial charge is 0.339 e. The van der Waals surface area contributed by atoms with Crippen LogP contribution in [0.15, 0.2) is 30.6 Å². The van der Waals surface area contributed by atoms with Gasteiger partial charge in [0.05, 0.1) is 12.2 Å². The van der Waals surface area contributed by atoms with Crippen LogP contribution in [-0.2, 0) is 4.74 Å².